The van der Waals surface area contributed by atoms with Crippen molar-refractivity contribution >= 4 is 24.8 Å². The minimum atomic E-state index is 0. The smallest absolute Gasteiger partial charge is 0.0445 e. The molecule has 0 aliphatic rings. The third kappa shape index (κ3) is 465. The van der Waals surface area contributed by atoms with Crippen molar-refractivity contribution in [3.8, 4) is 0 Å². The molecule has 0 N–H and O–H groups in total. The lowest BCUT2D eigenvalue weighted by atomic mass is 10.4. The molecule has 0 bridgehead atoms. The Labute approximate surface area is 51.5 Å². The van der Waals surface area contributed by atoms with Gasteiger partial charge in [0.1, 0.15) is 0 Å². The van der Waals surface area contributed by atoms with Gasteiger partial charge in [0.2, 0.25) is 0 Å². The van der Waals surface area contributed by atoms with E-state index in [1.54, 1.807) is 0 Å². The number of halogens is 2. The van der Waals surface area contributed by atoms with Crippen molar-refractivity contribution in [2.75, 3.05) is 0 Å². The molecule has 0 aromatic heterocycles. The van der Waals surface area contributed by atoms with Gasteiger partial charge in [0.15, 0.2) is 0 Å². The molecule has 0 fully saturated rings. The fourth-order valence-corrected chi connectivity index (χ4v) is 0. The zero-order valence-electron chi connectivity index (χ0n) is 4.02. The predicted molar refractivity (Wildman–Crippen MR) is 35.0 cm³/mol. The average Bonchev–Trinajstić information content (AvgIpc) is 0.811. The van der Waals surface area contributed by atoms with Crippen molar-refractivity contribution in [1.82, 2.24) is 0 Å². The van der Waals surface area contributed by atoms with Crippen molar-refractivity contribution in [3.05, 3.63) is 12.2 Å². The first-order valence-corrected chi connectivity index (χ1v) is 1.35. The highest BCUT2D eigenvalue weighted by Crippen LogP contribution is 1.73. The maximum Gasteiger partial charge on any atom is -0.0445 e. The van der Waals surface area contributed by atoms with Crippen molar-refractivity contribution in [3.63, 3.8) is 0 Å². The molecule has 0 aliphatic heterocycles. The van der Waals surface area contributed by atoms with Crippen LogP contribution >= 0.6 is 24.8 Å². The third-order valence-corrected chi connectivity index (χ3v) is 0. The summed E-state index contributed by atoms with van der Waals surface area (Å²) in [4.78, 5) is 0. The van der Waals surface area contributed by atoms with Crippen LogP contribution in [0.1, 0.15) is 13.8 Å². The van der Waals surface area contributed by atoms with Crippen molar-refractivity contribution in [2.24, 2.45) is 0 Å². The van der Waals surface area contributed by atoms with Gasteiger partial charge in [-0.15, -0.1) is 31.4 Å². The normalized spacial score (nSPS) is 4.33. The molecular formula is C4H10Cl2. The van der Waals surface area contributed by atoms with Gasteiger partial charge in [-0.05, 0) is 13.8 Å². The largest absolute Gasteiger partial charge is 0.147 e. The summed E-state index contributed by atoms with van der Waals surface area (Å²) in [5, 5.41) is 0. The van der Waals surface area contributed by atoms with Gasteiger partial charge < -0.3 is 0 Å². The first kappa shape index (κ1) is 16.2. The highest BCUT2D eigenvalue weighted by molar-refractivity contribution is 5.85. The first-order valence-electron chi connectivity index (χ1n) is 1.35. The molecule has 40 valence electrons. The highest BCUT2D eigenvalue weighted by atomic mass is 35.5. The van der Waals surface area contributed by atoms with Crippen molar-refractivity contribution in [1.29, 1.82) is 0 Å². The molecule has 0 atom stereocenters. The molecule has 0 heterocycles. The molecule has 0 saturated carbocycles. The molecule has 0 rings (SSSR count). The standard InChI is InChI=1S/C4H8.2ClH/c1-4(2)3;;/h1H2,2-3H3;2*1H. The van der Waals surface area contributed by atoms with Crippen molar-refractivity contribution < 1.29 is 0 Å². The molecule has 0 aromatic carbocycles. The van der Waals surface area contributed by atoms with Crippen LogP contribution in [0.25, 0.3) is 0 Å². The van der Waals surface area contributed by atoms with Crippen LogP contribution in [0.5, 0.6) is 0 Å². The number of hydrogen-bond acceptors (Lipinski definition) is 0. The number of rotatable bonds is 0. The van der Waals surface area contributed by atoms with Gasteiger partial charge in [-0.2, -0.15) is 0 Å². The van der Waals surface area contributed by atoms with Crippen LogP contribution in [-0.2, 0) is 0 Å². The van der Waals surface area contributed by atoms with Crippen molar-refractivity contribution in [2.45, 2.75) is 13.8 Å². The molecule has 6 heavy (non-hydrogen) atoms. The van der Waals surface area contributed by atoms with Crippen LogP contribution in [0.2, 0.25) is 0 Å². The fourth-order valence-electron chi connectivity index (χ4n) is 0. The van der Waals surface area contributed by atoms with E-state index in [2.05, 4.69) is 6.58 Å². The van der Waals surface area contributed by atoms with Gasteiger partial charge in [0, 0.05) is 0 Å². The van der Waals surface area contributed by atoms with Crippen LogP contribution in [0.15, 0.2) is 12.2 Å². The van der Waals surface area contributed by atoms with E-state index in [0.29, 0.717) is 0 Å². The summed E-state index contributed by atoms with van der Waals surface area (Å²) in [7, 11) is 0. The Hall–Kier alpha value is 0.320. The van der Waals surface area contributed by atoms with E-state index in [9.17, 15) is 0 Å². The third-order valence-electron chi connectivity index (χ3n) is 0. The van der Waals surface area contributed by atoms with Gasteiger partial charge in [0.25, 0.3) is 0 Å². The zero-order chi connectivity index (χ0) is 3.58. The van der Waals surface area contributed by atoms with Gasteiger partial charge >= 0.3 is 0 Å². The van der Waals surface area contributed by atoms with Gasteiger partial charge in [-0.1, -0.05) is 5.57 Å². The molecule has 0 nitrogen and oxygen atoms in total. The Kier molecular flexibility index (Phi) is 24.4. The molecule has 0 unspecified atom stereocenters. The molecule has 0 saturated heterocycles. The maximum absolute atomic E-state index is 3.56. The molecule has 0 radical (unpaired) electrons. The molecule has 2 heteroatoms. The summed E-state index contributed by atoms with van der Waals surface area (Å²) in [5.41, 5.74) is 1.17. The van der Waals surface area contributed by atoms with E-state index < -0.39 is 0 Å². The first-order chi connectivity index (χ1) is 1.73. The second-order valence-electron chi connectivity index (χ2n) is 1.21. The molecule has 0 amide bonds. The summed E-state index contributed by atoms with van der Waals surface area (Å²) in [6.07, 6.45) is 0. The van der Waals surface area contributed by atoms with Crippen LogP contribution in [0.3, 0.4) is 0 Å². The quantitative estimate of drug-likeness (QED) is 0.440. The van der Waals surface area contributed by atoms with E-state index >= 15 is 0 Å². The maximum atomic E-state index is 3.56. The van der Waals surface area contributed by atoms with Gasteiger partial charge in [0.05, 0.1) is 0 Å². The summed E-state index contributed by atoms with van der Waals surface area (Å²) < 4.78 is 0. The SMILES string of the molecule is C=C(C)C.Cl.Cl. The Morgan fingerprint density at radius 2 is 1.17 bits per heavy atom. The lowest BCUT2D eigenvalue weighted by molar-refractivity contribution is 1.42. The Morgan fingerprint density at radius 1 is 1.17 bits per heavy atom. The Bertz CT molecular complexity index is 28.5. The molecule has 0 spiro atoms. The minimum absolute atomic E-state index is 0. The van der Waals surface area contributed by atoms with Crippen LogP contribution in [0, 0.1) is 0 Å². The van der Waals surface area contributed by atoms with E-state index in [1.165, 1.54) is 5.57 Å². The topological polar surface area (TPSA) is 0 Å². The van der Waals surface area contributed by atoms with Gasteiger partial charge in [-0.25, -0.2) is 0 Å². The van der Waals surface area contributed by atoms with Crippen LogP contribution < -0.4 is 0 Å². The lowest BCUT2D eigenvalue weighted by Gasteiger charge is -1.65. The molecule has 0 aliphatic carbocycles. The fraction of sp³-hybridized carbons (Fsp3) is 0.500. The Balaban J connectivity index is -0.0000000450. The Morgan fingerprint density at radius 3 is 1.17 bits per heavy atom. The number of hydrogen-bond donors (Lipinski definition) is 0. The predicted octanol–water partition coefficient (Wildman–Crippen LogP) is 2.43. The zero-order valence-corrected chi connectivity index (χ0v) is 5.66. The molecular weight excluding hydrogens is 119 g/mol. The lowest BCUT2D eigenvalue weighted by Crippen LogP contribution is -1.43. The summed E-state index contributed by atoms with van der Waals surface area (Å²) in [6, 6.07) is 0. The van der Waals surface area contributed by atoms with E-state index in [1.807, 2.05) is 13.8 Å². The molecule has 0 aromatic rings. The summed E-state index contributed by atoms with van der Waals surface area (Å²) in [6.45, 7) is 7.50. The second kappa shape index (κ2) is 9.01. The van der Waals surface area contributed by atoms with E-state index in [0.717, 1.165) is 0 Å². The van der Waals surface area contributed by atoms with E-state index in [-0.39, 0.29) is 24.8 Å². The highest BCUT2D eigenvalue weighted by Gasteiger charge is 1.51. The summed E-state index contributed by atoms with van der Waals surface area (Å²) in [5.74, 6) is 0. The monoisotopic (exact) mass is 128 g/mol. The average molecular weight is 129 g/mol. The summed E-state index contributed by atoms with van der Waals surface area (Å²) >= 11 is 0. The van der Waals surface area contributed by atoms with E-state index in [4.69, 9.17) is 0 Å². The second-order valence-corrected chi connectivity index (χ2v) is 1.21. The number of allylic oxidation sites excluding steroid dienone is 1. The minimum Gasteiger partial charge on any atom is -0.147 e. The van der Waals surface area contributed by atoms with Gasteiger partial charge in [-0.3, -0.25) is 0 Å². The van der Waals surface area contributed by atoms with Crippen LogP contribution in [-0.4, -0.2) is 0 Å². The van der Waals surface area contributed by atoms with Crippen LogP contribution in [0.4, 0.5) is 0 Å².